The molecule has 0 aliphatic carbocycles. The summed E-state index contributed by atoms with van der Waals surface area (Å²) >= 11 is 0. The lowest BCUT2D eigenvalue weighted by Gasteiger charge is -2.26. The number of carbonyl (C=O) groups excluding carboxylic acids is 1. The van der Waals surface area contributed by atoms with Gasteiger partial charge in [0.25, 0.3) is 11.5 Å². The van der Waals surface area contributed by atoms with E-state index >= 15 is 0 Å². The molecule has 6 nitrogen and oxygen atoms in total. The van der Waals surface area contributed by atoms with Crippen LogP contribution in [0.4, 0.5) is 0 Å². The number of carbonyl (C=O) groups is 1. The molecule has 6 heteroatoms. The second-order valence-corrected chi connectivity index (χ2v) is 7.68. The molecule has 6 rings (SSSR count). The minimum Gasteiger partial charge on any atom is -0.353 e. The van der Waals surface area contributed by atoms with Crippen LogP contribution in [0.1, 0.15) is 27.0 Å². The van der Waals surface area contributed by atoms with Crippen LogP contribution >= 0.6 is 0 Å². The maximum absolute atomic E-state index is 13.4. The van der Waals surface area contributed by atoms with E-state index in [4.69, 9.17) is 0 Å². The second-order valence-electron chi connectivity index (χ2n) is 7.68. The molecule has 0 unspecified atom stereocenters. The van der Waals surface area contributed by atoms with E-state index in [1.807, 2.05) is 22.8 Å². The quantitative estimate of drug-likeness (QED) is 0.536. The summed E-state index contributed by atoms with van der Waals surface area (Å²) in [6.07, 6.45) is 7.59. The van der Waals surface area contributed by atoms with Gasteiger partial charge in [-0.3, -0.25) is 14.6 Å². The molecule has 0 spiro atoms. The van der Waals surface area contributed by atoms with Gasteiger partial charge in [-0.25, -0.2) is 0 Å². The lowest BCUT2D eigenvalue weighted by Crippen LogP contribution is -2.35. The Morgan fingerprint density at radius 3 is 2.87 bits per heavy atom. The lowest BCUT2D eigenvalue weighted by atomic mass is 9.97. The van der Waals surface area contributed by atoms with Gasteiger partial charge in [0.2, 0.25) is 0 Å². The number of nitrogens with zero attached hydrogens (tertiary/aromatic N) is 3. The maximum atomic E-state index is 13.4. The number of para-hydroxylation sites is 1. The number of H-pyrrole nitrogens is 1. The molecule has 4 aromatic rings. The standard InChI is InChI=1S/C24H18N4O2/c29-23(16-4-3-9-25-13-16)27-10-7-15-12-21-22-18(17-5-1-2-6-20(17)26-22)8-11-28(21)24(30)19(15)14-27/h1-7,9-10,12-13,26H,8,11,14H2. The lowest BCUT2D eigenvalue weighted by molar-refractivity contribution is 0.0812. The van der Waals surface area contributed by atoms with Crippen molar-refractivity contribution in [2.75, 3.05) is 0 Å². The van der Waals surface area contributed by atoms with Gasteiger partial charge in [-0.05, 0) is 47.9 Å². The Hall–Kier alpha value is -3.93. The zero-order valence-electron chi connectivity index (χ0n) is 16.1. The predicted molar refractivity (Wildman–Crippen MR) is 115 cm³/mol. The highest BCUT2D eigenvalue weighted by atomic mass is 16.2. The van der Waals surface area contributed by atoms with Gasteiger partial charge in [0.05, 0.1) is 23.5 Å². The fourth-order valence-electron chi connectivity index (χ4n) is 4.53. The number of rotatable bonds is 1. The number of pyridine rings is 2. The molecule has 2 aliphatic heterocycles. The van der Waals surface area contributed by atoms with Gasteiger partial charge in [-0.1, -0.05) is 18.2 Å². The zero-order valence-corrected chi connectivity index (χ0v) is 16.1. The van der Waals surface area contributed by atoms with Crippen LogP contribution in [0.25, 0.3) is 28.4 Å². The first kappa shape index (κ1) is 17.0. The van der Waals surface area contributed by atoms with E-state index in [-0.39, 0.29) is 18.0 Å². The topological polar surface area (TPSA) is 71.0 Å². The summed E-state index contributed by atoms with van der Waals surface area (Å²) in [5.74, 6) is -0.162. The summed E-state index contributed by atoms with van der Waals surface area (Å²) in [6, 6.07) is 13.8. The van der Waals surface area contributed by atoms with Crippen molar-refractivity contribution in [2.24, 2.45) is 0 Å². The van der Waals surface area contributed by atoms with Crippen LogP contribution in [0.15, 0.2) is 65.9 Å². The van der Waals surface area contributed by atoms with Crippen LogP contribution in [0, 0.1) is 0 Å². The fourth-order valence-corrected chi connectivity index (χ4v) is 4.53. The number of hydrogen-bond acceptors (Lipinski definition) is 3. The third-order valence-electron chi connectivity index (χ3n) is 6.02. The molecule has 146 valence electrons. The van der Waals surface area contributed by atoms with Gasteiger partial charge in [0, 0.05) is 41.6 Å². The smallest absolute Gasteiger partial charge is 0.259 e. The molecule has 0 saturated heterocycles. The molecular weight excluding hydrogens is 376 g/mol. The highest BCUT2D eigenvalue weighted by Crippen LogP contribution is 2.35. The molecule has 1 amide bonds. The van der Waals surface area contributed by atoms with Crippen LogP contribution in [0.3, 0.4) is 0 Å². The Morgan fingerprint density at radius 1 is 1.10 bits per heavy atom. The van der Waals surface area contributed by atoms with Crippen molar-refractivity contribution >= 4 is 22.9 Å². The summed E-state index contributed by atoms with van der Waals surface area (Å²) in [4.78, 5) is 35.2. The van der Waals surface area contributed by atoms with Crippen molar-refractivity contribution in [3.8, 4) is 11.4 Å². The van der Waals surface area contributed by atoms with E-state index in [1.54, 1.807) is 35.6 Å². The van der Waals surface area contributed by atoms with Crippen molar-refractivity contribution in [2.45, 2.75) is 19.5 Å². The third-order valence-corrected chi connectivity index (χ3v) is 6.02. The number of hydrogen-bond donors (Lipinski definition) is 1. The summed E-state index contributed by atoms with van der Waals surface area (Å²) in [7, 11) is 0. The number of nitrogens with one attached hydrogen (secondary N) is 1. The van der Waals surface area contributed by atoms with Gasteiger partial charge in [-0.2, -0.15) is 0 Å². The predicted octanol–water partition coefficient (Wildman–Crippen LogP) is 3.57. The molecule has 3 aromatic heterocycles. The number of aromatic nitrogens is 3. The molecule has 5 heterocycles. The molecule has 0 fully saturated rings. The Kier molecular flexibility index (Phi) is 3.56. The number of aryl methyl sites for hydroxylation is 1. The molecule has 0 bridgehead atoms. The SMILES string of the molecule is O=C(c1cccnc1)N1C=Cc2cc3n(c(=O)c2C1)CCc1c-3[nH]c2ccccc12. The van der Waals surface area contributed by atoms with E-state index in [2.05, 4.69) is 28.2 Å². The van der Waals surface area contributed by atoms with Crippen molar-refractivity contribution in [3.63, 3.8) is 0 Å². The maximum Gasteiger partial charge on any atom is 0.259 e. The summed E-state index contributed by atoms with van der Waals surface area (Å²) in [5.41, 5.74) is 6.28. The monoisotopic (exact) mass is 394 g/mol. The Bertz CT molecular complexity index is 1410. The van der Waals surface area contributed by atoms with Gasteiger partial charge in [0.1, 0.15) is 0 Å². The van der Waals surface area contributed by atoms with Crippen LogP contribution < -0.4 is 5.56 Å². The van der Waals surface area contributed by atoms with Gasteiger partial charge >= 0.3 is 0 Å². The first-order chi connectivity index (χ1) is 14.7. The number of aromatic amines is 1. The highest BCUT2D eigenvalue weighted by Gasteiger charge is 2.27. The van der Waals surface area contributed by atoms with Crippen molar-refractivity contribution in [1.82, 2.24) is 19.4 Å². The van der Waals surface area contributed by atoms with Gasteiger partial charge in [0.15, 0.2) is 0 Å². The molecule has 1 aromatic carbocycles. The fraction of sp³-hybridized carbons (Fsp3) is 0.125. The second kappa shape index (κ2) is 6.29. The van der Waals surface area contributed by atoms with Crippen molar-refractivity contribution in [1.29, 1.82) is 0 Å². The molecule has 0 atom stereocenters. The molecule has 0 saturated carbocycles. The first-order valence-corrected chi connectivity index (χ1v) is 9.96. The van der Waals surface area contributed by atoms with E-state index in [0.717, 1.165) is 28.9 Å². The Labute approximate surface area is 172 Å². The molecule has 0 radical (unpaired) electrons. The third kappa shape index (κ3) is 2.40. The Morgan fingerprint density at radius 2 is 2.00 bits per heavy atom. The first-order valence-electron chi connectivity index (χ1n) is 9.96. The molecule has 1 N–H and O–H groups in total. The number of benzene rings is 1. The van der Waals surface area contributed by atoms with E-state index in [9.17, 15) is 9.59 Å². The van der Waals surface area contributed by atoms with Crippen molar-refractivity contribution < 1.29 is 4.79 Å². The van der Waals surface area contributed by atoms with E-state index in [0.29, 0.717) is 17.7 Å². The van der Waals surface area contributed by atoms with Crippen LogP contribution in [-0.4, -0.2) is 25.3 Å². The van der Waals surface area contributed by atoms with E-state index < -0.39 is 0 Å². The summed E-state index contributed by atoms with van der Waals surface area (Å²) < 4.78 is 1.84. The normalized spacial score (nSPS) is 14.3. The molecule has 2 aliphatic rings. The van der Waals surface area contributed by atoms with Crippen LogP contribution in [0.5, 0.6) is 0 Å². The largest absolute Gasteiger partial charge is 0.353 e. The van der Waals surface area contributed by atoms with Gasteiger partial charge in [-0.15, -0.1) is 0 Å². The minimum absolute atomic E-state index is 0.0276. The Balaban J connectivity index is 1.45. The average Bonchev–Trinajstić information content (AvgIpc) is 3.18. The van der Waals surface area contributed by atoms with Crippen LogP contribution in [-0.2, 0) is 19.5 Å². The number of fused-ring (bicyclic) bond motifs is 6. The van der Waals surface area contributed by atoms with Crippen LogP contribution in [0.2, 0.25) is 0 Å². The highest BCUT2D eigenvalue weighted by molar-refractivity contribution is 5.95. The molecular formula is C24H18N4O2. The number of amides is 1. The summed E-state index contributed by atoms with van der Waals surface area (Å²) in [6.45, 7) is 0.898. The zero-order chi connectivity index (χ0) is 20.2. The van der Waals surface area contributed by atoms with Gasteiger partial charge < -0.3 is 14.5 Å². The average molecular weight is 394 g/mol. The van der Waals surface area contributed by atoms with E-state index in [1.165, 1.54) is 10.9 Å². The minimum atomic E-state index is -0.162. The summed E-state index contributed by atoms with van der Waals surface area (Å²) in [5, 5.41) is 1.22. The molecule has 30 heavy (non-hydrogen) atoms. The van der Waals surface area contributed by atoms with Crippen molar-refractivity contribution in [3.05, 3.63) is 93.7 Å².